The van der Waals surface area contributed by atoms with Gasteiger partial charge in [-0.3, -0.25) is 4.68 Å². The summed E-state index contributed by atoms with van der Waals surface area (Å²) < 4.78 is 15.7. The normalized spacial score (nSPS) is 13.2. The second-order valence-electron chi connectivity index (χ2n) is 7.42. The van der Waals surface area contributed by atoms with Gasteiger partial charge in [-0.25, -0.2) is 9.37 Å². The molecule has 0 fully saturated rings. The largest absolute Gasteiger partial charge is 0.363 e. The molecule has 0 radical (unpaired) electrons. The molecule has 146 valence electrons. The smallest absolute Gasteiger partial charge is 0.126 e. The third kappa shape index (κ3) is 3.61. The first-order valence-corrected chi connectivity index (χ1v) is 10.5. The maximum Gasteiger partial charge on any atom is 0.126 e. The predicted molar refractivity (Wildman–Crippen MR) is 112 cm³/mol. The number of aryl methyl sites for hydroxylation is 3. The first-order chi connectivity index (χ1) is 13.4. The summed E-state index contributed by atoms with van der Waals surface area (Å²) in [5.74, 6) is -0.185. The van der Waals surface area contributed by atoms with E-state index in [1.807, 2.05) is 10.7 Å². The fraction of sp³-hybridized carbons (Fsp3) is 0.364. The van der Waals surface area contributed by atoms with E-state index in [-0.39, 0.29) is 5.82 Å². The van der Waals surface area contributed by atoms with Crippen LogP contribution in [0.25, 0.3) is 11.3 Å². The van der Waals surface area contributed by atoms with Gasteiger partial charge in [0.1, 0.15) is 5.82 Å². The van der Waals surface area contributed by atoms with Gasteiger partial charge < -0.3 is 4.90 Å². The van der Waals surface area contributed by atoms with E-state index in [4.69, 9.17) is 5.10 Å². The zero-order valence-corrected chi connectivity index (χ0v) is 17.4. The number of benzene rings is 1. The number of halogens is 1. The number of rotatable bonds is 6. The van der Waals surface area contributed by atoms with Gasteiger partial charge in [0.25, 0.3) is 0 Å². The van der Waals surface area contributed by atoms with Crippen molar-refractivity contribution in [3.63, 3.8) is 0 Å². The third-order valence-electron chi connectivity index (χ3n) is 5.16. The van der Waals surface area contributed by atoms with Crippen LogP contribution in [-0.4, -0.2) is 19.7 Å². The molecule has 1 aromatic carbocycles. The minimum atomic E-state index is -0.185. The van der Waals surface area contributed by atoms with E-state index in [0.717, 1.165) is 47.9 Å². The van der Waals surface area contributed by atoms with Gasteiger partial charge in [-0.2, -0.15) is 5.10 Å². The van der Waals surface area contributed by atoms with Gasteiger partial charge in [0.05, 0.1) is 36.0 Å². The first kappa shape index (κ1) is 18.9. The number of hydrogen-bond donors (Lipinski definition) is 0. The second kappa shape index (κ2) is 7.51. The molecule has 6 heteroatoms. The molecule has 1 aliphatic heterocycles. The molecule has 3 aromatic rings. The lowest BCUT2D eigenvalue weighted by molar-refractivity contribution is 0.336. The van der Waals surface area contributed by atoms with Crippen molar-refractivity contribution in [3.05, 3.63) is 69.2 Å². The molecule has 0 aliphatic carbocycles. The van der Waals surface area contributed by atoms with Gasteiger partial charge in [0.15, 0.2) is 0 Å². The SMILES string of the molecule is C=C(Cn1nc(-c2ccc(F)c(C)c2)cc1CCC)N1Cc2nc(C)sc2C1. The molecule has 28 heavy (non-hydrogen) atoms. The summed E-state index contributed by atoms with van der Waals surface area (Å²) in [5.41, 5.74) is 5.88. The molecule has 0 amide bonds. The number of hydrogen-bond acceptors (Lipinski definition) is 4. The van der Waals surface area contributed by atoms with Crippen LogP contribution >= 0.6 is 11.3 Å². The molecule has 3 heterocycles. The molecule has 1 aliphatic rings. The number of aromatic nitrogens is 3. The van der Waals surface area contributed by atoms with Crippen molar-refractivity contribution in [2.75, 3.05) is 0 Å². The lowest BCUT2D eigenvalue weighted by Gasteiger charge is -2.21. The molecule has 0 unspecified atom stereocenters. The minimum absolute atomic E-state index is 0.185. The Balaban J connectivity index is 1.55. The zero-order valence-electron chi connectivity index (χ0n) is 16.6. The lowest BCUT2D eigenvalue weighted by atomic mass is 10.1. The van der Waals surface area contributed by atoms with Gasteiger partial charge in [0, 0.05) is 21.8 Å². The van der Waals surface area contributed by atoms with Crippen molar-refractivity contribution in [1.82, 2.24) is 19.7 Å². The highest BCUT2D eigenvalue weighted by atomic mass is 32.1. The van der Waals surface area contributed by atoms with Gasteiger partial charge in [0.2, 0.25) is 0 Å². The number of allylic oxidation sites excluding steroid dienone is 1. The highest BCUT2D eigenvalue weighted by Crippen LogP contribution is 2.30. The average molecular weight is 397 g/mol. The summed E-state index contributed by atoms with van der Waals surface area (Å²) in [6.07, 6.45) is 2.00. The van der Waals surface area contributed by atoms with Gasteiger partial charge in [-0.1, -0.05) is 19.9 Å². The highest BCUT2D eigenvalue weighted by Gasteiger charge is 2.24. The van der Waals surface area contributed by atoms with Crippen molar-refractivity contribution >= 4 is 11.3 Å². The molecule has 0 N–H and O–H groups in total. The molecule has 0 atom stereocenters. The predicted octanol–water partition coefficient (Wildman–Crippen LogP) is 5.24. The Morgan fingerprint density at radius 2 is 2.07 bits per heavy atom. The molecule has 0 spiro atoms. The number of thiazole rings is 1. The molecule has 4 nitrogen and oxygen atoms in total. The van der Waals surface area contributed by atoms with E-state index >= 15 is 0 Å². The monoisotopic (exact) mass is 396 g/mol. The average Bonchev–Trinajstić information content (AvgIpc) is 3.31. The summed E-state index contributed by atoms with van der Waals surface area (Å²) in [6.45, 7) is 12.7. The first-order valence-electron chi connectivity index (χ1n) is 9.65. The fourth-order valence-electron chi connectivity index (χ4n) is 3.66. The molecular weight excluding hydrogens is 371 g/mol. The Kier molecular flexibility index (Phi) is 5.06. The molecule has 2 aromatic heterocycles. The summed E-state index contributed by atoms with van der Waals surface area (Å²) in [5, 5.41) is 5.96. The number of nitrogens with zero attached hydrogens (tertiary/aromatic N) is 4. The van der Waals surface area contributed by atoms with Crippen molar-refractivity contribution in [1.29, 1.82) is 0 Å². The van der Waals surface area contributed by atoms with Gasteiger partial charge >= 0.3 is 0 Å². The van der Waals surface area contributed by atoms with Crippen molar-refractivity contribution in [3.8, 4) is 11.3 Å². The molecule has 0 saturated heterocycles. The summed E-state index contributed by atoms with van der Waals surface area (Å²) in [7, 11) is 0. The van der Waals surface area contributed by atoms with Crippen LogP contribution in [0, 0.1) is 19.7 Å². The highest BCUT2D eigenvalue weighted by molar-refractivity contribution is 7.11. The Morgan fingerprint density at radius 3 is 2.79 bits per heavy atom. The number of fused-ring (bicyclic) bond motifs is 1. The quantitative estimate of drug-likeness (QED) is 0.571. The third-order valence-corrected chi connectivity index (χ3v) is 6.16. The van der Waals surface area contributed by atoms with E-state index in [0.29, 0.717) is 12.1 Å². The van der Waals surface area contributed by atoms with E-state index in [1.54, 1.807) is 24.3 Å². The topological polar surface area (TPSA) is 34.0 Å². The Morgan fingerprint density at radius 1 is 1.25 bits per heavy atom. The van der Waals surface area contributed by atoms with Gasteiger partial charge in [-0.05, 0) is 50.1 Å². The van der Waals surface area contributed by atoms with Crippen molar-refractivity contribution in [2.24, 2.45) is 0 Å². The van der Waals surface area contributed by atoms with Crippen LogP contribution in [0.15, 0.2) is 36.5 Å². The Bertz CT molecular complexity index is 1010. The van der Waals surface area contributed by atoms with Crippen LogP contribution in [0.2, 0.25) is 0 Å². The summed E-state index contributed by atoms with van der Waals surface area (Å²) in [6, 6.07) is 7.29. The maximum absolute atomic E-state index is 13.6. The lowest BCUT2D eigenvalue weighted by Crippen LogP contribution is -2.20. The van der Waals surface area contributed by atoms with Crippen LogP contribution in [0.3, 0.4) is 0 Å². The fourth-order valence-corrected chi connectivity index (χ4v) is 4.62. The van der Waals surface area contributed by atoms with Crippen molar-refractivity contribution < 1.29 is 4.39 Å². The Labute approximate surface area is 169 Å². The van der Waals surface area contributed by atoms with E-state index < -0.39 is 0 Å². The van der Waals surface area contributed by atoms with Crippen LogP contribution < -0.4 is 0 Å². The second-order valence-corrected chi connectivity index (χ2v) is 8.71. The van der Waals surface area contributed by atoms with Crippen LogP contribution in [0.1, 0.15) is 40.2 Å². The van der Waals surface area contributed by atoms with Crippen molar-refractivity contribution in [2.45, 2.75) is 53.2 Å². The summed E-state index contributed by atoms with van der Waals surface area (Å²) >= 11 is 1.77. The molecular formula is C22H25FN4S. The van der Waals surface area contributed by atoms with Gasteiger partial charge in [-0.15, -0.1) is 11.3 Å². The van der Waals surface area contributed by atoms with E-state index in [1.165, 1.54) is 22.3 Å². The Hall–Kier alpha value is -2.47. The zero-order chi connectivity index (χ0) is 19.8. The maximum atomic E-state index is 13.6. The summed E-state index contributed by atoms with van der Waals surface area (Å²) in [4.78, 5) is 8.25. The van der Waals surface area contributed by atoms with Crippen LogP contribution in [-0.2, 0) is 26.1 Å². The standard InChI is InChI=1S/C22H25FN4S/c1-5-6-18-10-20(17-7-8-19(23)14(2)9-17)25-27(18)11-15(3)26-12-21-22(13-26)28-16(4)24-21/h7-10H,3,5-6,11-13H2,1-2,4H3. The van der Waals surface area contributed by atoms with Crippen LogP contribution in [0.5, 0.6) is 0 Å². The molecule has 0 bridgehead atoms. The van der Waals surface area contributed by atoms with E-state index in [9.17, 15) is 4.39 Å². The molecule has 4 rings (SSSR count). The minimum Gasteiger partial charge on any atom is -0.363 e. The van der Waals surface area contributed by atoms with Crippen LogP contribution in [0.4, 0.5) is 4.39 Å². The molecule has 0 saturated carbocycles. The van der Waals surface area contributed by atoms with E-state index in [2.05, 4.69) is 36.4 Å².